The molecule has 1 atom stereocenters. The second-order valence-corrected chi connectivity index (χ2v) is 4.07. The van der Waals surface area contributed by atoms with E-state index in [1.54, 1.807) is 28.6 Å². The number of hydrogen-bond acceptors (Lipinski definition) is 5. The van der Waals surface area contributed by atoms with Crippen LogP contribution in [0.2, 0.25) is 0 Å². The first-order valence-electron chi connectivity index (χ1n) is 2.96. The summed E-state index contributed by atoms with van der Waals surface area (Å²) in [6, 6.07) is 0. The molecule has 0 spiro atoms. The Kier molecular flexibility index (Phi) is 1.88. The Morgan fingerprint density at radius 3 is 3.40 bits per heavy atom. The van der Waals surface area contributed by atoms with Crippen LogP contribution in [0, 0.1) is 0 Å². The minimum absolute atomic E-state index is 0.480. The van der Waals surface area contributed by atoms with E-state index >= 15 is 0 Å². The molecule has 2 rings (SSSR count). The first kappa shape index (κ1) is 6.57. The molecular formula is C5H6N2OS2. The van der Waals surface area contributed by atoms with Crippen molar-refractivity contribution in [1.82, 2.24) is 10.2 Å². The molecule has 1 aliphatic heterocycles. The van der Waals surface area contributed by atoms with E-state index in [1.807, 2.05) is 0 Å². The standard InChI is InChI=1S/C5H6N2OS2/c1-4(8-1)2-9-5-7-6-3-10-5/h3-4H,1-2H2/t4-/m1/s1. The molecule has 2 heterocycles. The predicted molar refractivity (Wildman–Crippen MR) is 40.4 cm³/mol. The first-order chi connectivity index (χ1) is 4.95. The van der Waals surface area contributed by atoms with E-state index in [0.29, 0.717) is 6.10 Å². The molecule has 0 aromatic carbocycles. The quantitative estimate of drug-likeness (QED) is 0.506. The summed E-state index contributed by atoms with van der Waals surface area (Å²) >= 11 is 3.30. The maximum Gasteiger partial charge on any atom is 0.174 e. The van der Waals surface area contributed by atoms with Crippen molar-refractivity contribution in [1.29, 1.82) is 0 Å². The van der Waals surface area contributed by atoms with Crippen LogP contribution in [0.25, 0.3) is 0 Å². The molecule has 54 valence electrons. The molecule has 0 bridgehead atoms. The summed E-state index contributed by atoms with van der Waals surface area (Å²) in [6.45, 7) is 0.922. The molecule has 0 aliphatic carbocycles. The second kappa shape index (κ2) is 2.86. The van der Waals surface area contributed by atoms with E-state index in [1.165, 1.54) is 0 Å². The molecular weight excluding hydrogens is 168 g/mol. The van der Waals surface area contributed by atoms with Crippen LogP contribution in [0.4, 0.5) is 0 Å². The summed E-state index contributed by atoms with van der Waals surface area (Å²) in [5.74, 6) is 1.02. The Morgan fingerprint density at radius 1 is 1.90 bits per heavy atom. The van der Waals surface area contributed by atoms with Crippen LogP contribution in [-0.4, -0.2) is 28.7 Å². The lowest BCUT2D eigenvalue weighted by Crippen LogP contribution is -1.87. The van der Waals surface area contributed by atoms with Crippen LogP contribution in [0.15, 0.2) is 9.85 Å². The van der Waals surface area contributed by atoms with E-state index in [-0.39, 0.29) is 0 Å². The fraction of sp³-hybridized carbons (Fsp3) is 0.600. The van der Waals surface area contributed by atoms with Gasteiger partial charge in [0.1, 0.15) is 5.51 Å². The van der Waals surface area contributed by atoms with E-state index in [9.17, 15) is 0 Å². The van der Waals surface area contributed by atoms with Gasteiger partial charge in [-0.05, 0) is 0 Å². The van der Waals surface area contributed by atoms with Gasteiger partial charge >= 0.3 is 0 Å². The number of thioether (sulfide) groups is 1. The Labute approximate surface area is 66.8 Å². The highest BCUT2D eigenvalue weighted by Crippen LogP contribution is 2.24. The highest BCUT2D eigenvalue weighted by Gasteiger charge is 2.22. The van der Waals surface area contributed by atoms with Crippen molar-refractivity contribution in [3.05, 3.63) is 5.51 Å². The maximum atomic E-state index is 5.04. The number of epoxide rings is 1. The van der Waals surface area contributed by atoms with Gasteiger partial charge in [0.15, 0.2) is 4.34 Å². The molecule has 0 N–H and O–H groups in total. The predicted octanol–water partition coefficient (Wildman–Crippen LogP) is 1.03. The Balaban J connectivity index is 1.79. The summed E-state index contributed by atoms with van der Waals surface area (Å²) < 4.78 is 6.08. The molecule has 10 heavy (non-hydrogen) atoms. The second-order valence-electron chi connectivity index (χ2n) is 1.97. The van der Waals surface area contributed by atoms with Crippen molar-refractivity contribution in [2.24, 2.45) is 0 Å². The minimum atomic E-state index is 0.480. The Bertz CT molecular complexity index is 197. The lowest BCUT2D eigenvalue weighted by atomic mass is 10.6. The average Bonchev–Trinajstić information content (AvgIpc) is 2.63. The molecule has 1 aromatic heterocycles. The van der Waals surface area contributed by atoms with Crippen LogP contribution >= 0.6 is 23.1 Å². The zero-order chi connectivity index (χ0) is 6.81. The van der Waals surface area contributed by atoms with Crippen LogP contribution in [0.1, 0.15) is 0 Å². The van der Waals surface area contributed by atoms with Crippen molar-refractivity contribution in [2.75, 3.05) is 12.4 Å². The third-order valence-corrected chi connectivity index (χ3v) is 3.13. The molecule has 1 saturated heterocycles. The van der Waals surface area contributed by atoms with E-state index in [0.717, 1.165) is 16.7 Å². The highest BCUT2D eigenvalue weighted by atomic mass is 32.2. The normalized spacial score (nSPS) is 23.0. The average molecular weight is 174 g/mol. The van der Waals surface area contributed by atoms with E-state index in [2.05, 4.69) is 10.2 Å². The summed E-state index contributed by atoms with van der Waals surface area (Å²) in [4.78, 5) is 0. The number of nitrogens with zero attached hydrogens (tertiary/aromatic N) is 2. The molecule has 0 radical (unpaired) electrons. The van der Waals surface area contributed by atoms with Crippen LogP contribution in [-0.2, 0) is 4.74 Å². The monoisotopic (exact) mass is 174 g/mol. The summed E-state index contributed by atoms with van der Waals surface area (Å²) in [5.41, 5.74) is 1.75. The molecule has 3 nitrogen and oxygen atoms in total. The van der Waals surface area contributed by atoms with Gasteiger partial charge < -0.3 is 4.74 Å². The molecule has 0 saturated carbocycles. The van der Waals surface area contributed by atoms with Gasteiger partial charge in [-0.15, -0.1) is 10.2 Å². The van der Waals surface area contributed by atoms with E-state index < -0.39 is 0 Å². The van der Waals surface area contributed by atoms with Crippen LogP contribution in [0.3, 0.4) is 0 Å². The third kappa shape index (κ3) is 1.68. The fourth-order valence-corrected chi connectivity index (χ4v) is 2.06. The molecule has 1 aliphatic rings. The van der Waals surface area contributed by atoms with Gasteiger partial charge in [0.2, 0.25) is 0 Å². The number of hydrogen-bond donors (Lipinski definition) is 0. The van der Waals surface area contributed by atoms with Crippen molar-refractivity contribution in [3.8, 4) is 0 Å². The molecule has 1 fully saturated rings. The van der Waals surface area contributed by atoms with Gasteiger partial charge in [-0.3, -0.25) is 0 Å². The number of aromatic nitrogens is 2. The maximum absolute atomic E-state index is 5.04. The lowest BCUT2D eigenvalue weighted by Gasteiger charge is -1.87. The van der Waals surface area contributed by atoms with Crippen LogP contribution < -0.4 is 0 Å². The zero-order valence-electron chi connectivity index (χ0n) is 5.19. The van der Waals surface area contributed by atoms with Crippen molar-refractivity contribution in [2.45, 2.75) is 10.4 Å². The van der Waals surface area contributed by atoms with Gasteiger partial charge in [-0.25, -0.2) is 0 Å². The molecule has 0 unspecified atom stereocenters. The summed E-state index contributed by atoms with van der Waals surface area (Å²) in [6.07, 6.45) is 0.480. The van der Waals surface area contributed by atoms with Crippen molar-refractivity contribution in [3.63, 3.8) is 0 Å². The summed E-state index contributed by atoms with van der Waals surface area (Å²) in [7, 11) is 0. The molecule has 1 aromatic rings. The Hall–Kier alpha value is -0.130. The first-order valence-corrected chi connectivity index (χ1v) is 4.82. The van der Waals surface area contributed by atoms with Gasteiger partial charge in [-0.2, -0.15) is 0 Å². The van der Waals surface area contributed by atoms with Crippen molar-refractivity contribution >= 4 is 23.1 Å². The van der Waals surface area contributed by atoms with Crippen molar-refractivity contribution < 1.29 is 4.74 Å². The van der Waals surface area contributed by atoms with Gasteiger partial charge in [-0.1, -0.05) is 23.1 Å². The third-order valence-electron chi connectivity index (χ3n) is 1.14. The van der Waals surface area contributed by atoms with Crippen LogP contribution in [0.5, 0.6) is 0 Å². The number of rotatable bonds is 3. The van der Waals surface area contributed by atoms with Gasteiger partial charge in [0.05, 0.1) is 12.7 Å². The summed E-state index contributed by atoms with van der Waals surface area (Å²) in [5, 5.41) is 7.62. The zero-order valence-corrected chi connectivity index (χ0v) is 6.82. The highest BCUT2D eigenvalue weighted by molar-refractivity contribution is 8.01. The molecule has 5 heteroatoms. The topological polar surface area (TPSA) is 38.3 Å². The largest absolute Gasteiger partial charge is 0.372 e. The number of ether oxygens (including phenoxy) is 1. The smallest absolute Gasteiger partial charge is 0.174 e. The molecule has 0 amide bonds. The van der Waals surface area contributed by atoms with Gasteiger partial charge in [0.25, 0.3) is 0 Å². The SMILES string of the molecule is c1nnc(SC[C@H]2CO2)s1. The van der Waals surface area contributed by atoms with Gasteiger partial charge in [0, 0.05) is 5.75 Å². The Morgan fingerprint density at radius 2 is 2.80 bits per heavy atom. The lowest BCUT2D eigenvalue weighted by molar-refractivity contribution is 0.426. The fourth-order valence-electron chi connectivity index (χ4n) is 0.554. The van der Waals surface area contributed by atoms with E-state index in [4.69, 9.17) is 4.74 Å². The minimum Gasteiger partial charge on any atom is -0.372 e.